The first-order chi connectivity index (χ1) is 17.7. The summed E-state index contributed by atoms with van der Waals surface area (Å²) in [4.78, 5) is 26.5. The minimum atomic E-state index is -0.493. The lowest BCUT2D eigenvalue weighted by Crippen LogP contribution is -2.29. The Kier molecular flexibility index (Phi) is 11.9. The van der Waals surface area contributed by atoms with Crippen LogP contribution < -0.4 is 15.8 Å². The van der Waals surface area contributed by atoms with E-state index in [-0.39, 0.29) is 11.4 Å². The number of hydrogen-bond acceptors (Lipinski definition) is 6. The molecule has 37 heavy (non-hydrogen) atoms. The number of aromatic nitrogens is 2. The summed E-state index contributed by atoms with van der Waals surface area (Å²) in [6.45, 7) is 11.9. The summed E-state index contributed by atoms with van der Waals surface area (Å²) in [5.41, 5.74) is 5.11. The first-order valence-corrected chi connectivity index (χ1v) is 12.7. The first-order valence-electron chi connectivity index (χ1n) is 12.7. The van der Waals surface area contributed by atoms with Gasteiger partial charge in [-0.2, -0.15) is 5.10 Å². The highest BCUT2D eigenvalue weighted by Gasteiger charge is 2.15. The number of amides is 2. The zero-order valence-corrected chi connectivity index (χ0v) is 22.7. The van der Waals surface area contributed by atoms with Crippen LogP contribution in [0.5, 0.6) is 0 Å². The molecule has 0 aliphatic heterocycles. The van der Waals surface area contributed by atoms with Crippen molar-refractivity contribution in [1.82, 2.24) is 20.4 Å². The average Bonchev–Trinajstić information content (AvgIpc) is 2.88. The van der Waals surface area contributed by atoms with Crippen LogP contribution in [0, 0.1) is 12.7 Å². The number of hydrogen-bond donors (Lipinski definition) is 2. The summed E-state index contributed by atoms with van der Waals surface area (Å²) in [5, 5.41) is 12.6. The standard InChI is InChI=1S/C25H31FN6O2.C3H8/c1-17(2)31(4)15-6-5-14-27-25(34)19-10-12-20(13-11-19)32(16-33)30-23-18(3)28-29-24-21(23)8-7-9-22(24)26;1-3-2/h7-13,16-17H,5-6,14-15H2,1-4H3,(H,27,34)(H,29,30);3H2,1-2H3. The third-order valence-electron chi connectivity index (χ3n) is 5.77. The van der Waals surface area contributed by atoms with Crippen LogP contribution in [0.25, 0.3) is 10.9 Å². The molecular weight excluding hydrogens is 471 g/mol. The predicted molar refractivity (Wildman–Crippen MR) is 148 cm³/mol. The minimum Gasteiger partial charge on any atom is -0.352 e. The molecule has 9 heteroatoms. The van der Waals surface area contributed by atoms with Gasteiger partial charge in [-0.05, 0) is 77.5 Å². The number of nitrogens with one attached hydrogen (secondary N) is 2. The Labute approximate surface area is 219 Å². The summed E-state index contributed by atoms with van der Waals surface area (Å²) < 4.78 is 14.1. The normalized spacial score (nSPS) is 10.7. The highest BCUT2D eigenvalue weighted by atomic mass is 19.1. The molecule has 0 aliphatic rings. The van der Waals surface area contributed by atoms with Crippen molar-refractivity contribution in [2.75, 3.05) is 30.6 Å². The third-order valence-corrected chi connectivity index (χ3v) is 5.77. The molecule has 1 heterocycles. The molecule has 2 N–H and O–H groups in total. The number of fused-ring (bicyclic) bond motifs is 1. The molecule has 0 radical (unpaired) electrons. The SMILES string of the molecule is CCC.Cc1nnc2c(F)cccc2c1NN(C=O)c1ccc(C(=O)NCCCCN(C)C(C)C)cc1. The van der Waals surface area contributed by atoms with Crippen molar-refractivity contribution in [2.45, 2.75) is 59.9 Å². The molecule has 0 unspecified atom stereocenters. The smallest absolute Gasteiger partial charge is 0.251 e. The van der Waals surface area contributed by atoms with Crippen molar-refractivity contribution in [1.29, 1.82) is 0 Å². The highest BCUT2D eigenvalue weighted by Crippen LogP contribution is 2.27. The van der Waals surface area contributed by atoms with E-state index in [4.69, 9.17) is 0 Å². The second-order valence-corrected chi connectivity index (χ2v) is 9.17. The molecule has 2 amide bonds. The molecule has 3 rings (SSSR count). The van der Waals surface area contributed by atoms with Crippen molar-refractivity contribution >= 4 is 34.6 Å². The fraction of sp³-hybridized carbons (Fsp3) is 0.429. The Morgan fingerprint density at radius 1 is 1.08 bits per heavy atom. The summed E-state index contributed by atoms with van der Waals surface area (Å²) in [6, 6.07) is 11.7. The summed E-state index contributed by atoms with van der Waals surface area (Å²) in [5.74, 6) is -0.655. The monoisotopic (exact) mass is 510 g/mol. The maximum atomic E-state index is 14.1. The van der Waals surface area contributed by atoms with E-state index in [1.165, 1.54) is 17.5 Å². The second-order valence-electron chi connectivity index (χ2n) is 9.17. The van der Waals surface area contributed by atoms with Crippen LogP contribution in [-0.2, 0) is 4.79 Å². The summed E-state index contributed by atoms with van der Waals surface area (Å²) in [7, 11) is 2.09. The Hall–Kier alpha value is -3.59. The molecule has 1 aromatic heterocycles. The molecule has 0 fully saturated rings. The van der Waals surface area contributed by atoms with E-state index in [2.05, 4.69) is 60.6 Å². The van der Waals surface area contributed by atoms with Gasteiger partial charge in [-0.1, -0.05) is 32.4 Å². The Morgan fingerprint density at radius 2 is 1.76 bits per heavy atom. The summed E-state index contributed by atoms with van der Waals surface area (Å²) in [6.07, 6.45) is 3.77. The van der Waals surface area contributed by atoms with Gasteiger partial charge in [0.25, 0.3) is 5.91 Å². The van der Waals surface area contributed by atoms with E-state index in [1.54, 1.807) is 43.3 Å². The van der Waals surface area contributed by atoms with E-state index in [0.29, 0.717) is 47.0 Å². The number of carbonyl (C=O) groups excluding carboxylic acids is 2. The number of carbonyl (C=O) groups is 2. The van der Waals surface area contributed by atoms with Gasteiger partial charge in [0.15, 0.2) is 5.82 Å². The van der Waals surface area contributed by atoms with E-state index in [0.717, 1.165) is 19.4 Å². The average molecular weight is 511 g/mol. The first kappa shape index (κ1) is 29.6. The Bertz CT molecular complexity index is 1150. The zero-order valence-electron chi connectivity index (χ0n) is 22.7. The molecule has 0 atom stereocenters. The van der Waals surface area contributed by atoms with Crippen LogP contribution in [-0.4, -0.2) is 53.6 Å². The van der Waals surface area contributed by atoms with Crippen molar-refractivity contribution < 1.29 is 14.0 Å². The fourth-order valence-corrected chi connectivity index (χ4v) is 3.42. The van der Waals surface area contributed by atoms with Gasteiger partial charge >= 0.3 is 0 Å². The van der Waals surface area contributed by atoms with E-state index >= 15 is 0 Å². The molecule has 0 bridgehead atoms. The van der Waals surface area contributed by atoms with E-state index in [9.17, 15) is 14.0 Å². The van der Waals surface area contributed by atoms with Crippen LogP contribution >= 0.6 is 0 Å². The van der Waals surface area contributed by atoms with E-state index < -0.39 is 5.82 Å². The van der Waals surface area contributed by atoms with Crippen molar-refractivity contribution in [2.24, 2.45) is 0 Å². The van der Waals surface area contributed by atoms with Crippen molar-refractivity contribution in [3.05, 3.63) is 59.5 Å². The molecule has 8 nitrogen and oxygen atoms in total. The molecule has 0 spiro atoms. The van der Waals surface area contributed by atoms with Gasteiger partial charge in [0.2, 0.25) is 6.41 Å². The third kappa shape index (κ3) is 8.49. The van der Waals surface area contributed by atoms with Crippen molar-refractivity contribution in [3.63, 3.8) is 0 Å². The van der Waals surface area contributed by atoms with Crippen LogP contribution in [0.2, 0.25) is 0 Å². The molecule has 200 valence electrons. The van der Waals surface area contributed by atoms with Gasteiger partial charge in [0, 0.05) is 23.5 Å². The fourth-order valence-electron chi connectivity index (χ4n) is 3.42. The maximum absolute atomic E-state index is 14.1. The van der Waals surface area contributed by atoms with Gasteiger partial charge in [-0.3, -0.25) is 15.0 Å². The van der Waals surface area contributed by atoms with Gasteiger partial charge < -0.3 is 10.2 Å². The van der Waals surface area contributed by atoms with E-state index in [1.807, 2.05) is 0 Å². The lowest BCUT2D eigenvalue weighted by Gasteiger charge is -2.22. The number of rotatable bonds is 11. The van der Waals surface area contributed by atoms with Crippen LogP contribution in [0.15, 0.2) is 42.5 Å². The lowest BCUT2D eigenvalue weighted by molar-refractivity contribution is -0.107. The maximum Gasteiger partial charge on any atom is 0.251 e. The van der Waals surface area contributed by atoms with Crippen LogP contribution in [0.3, 0.4) is 0 Å². The number of anilines is 2. The lowest BCUT2D eigenvalue weighted by atomic mass is 10.1. The van der Waals surface area contributed by atoms with Gasteiger partial charge in [-0.25, -0.2) is 9.40 Å². The molecule has 0 saturated heterocycles. The predicted octanol–water partition coefficient (Wildman–Crippen LogP) is 5.33. The minimum absolute atomic E-state index is 0.115. The number of halogens is 1. The van der Waals surface area contributed by atoms with Gasteiger partial charge in [-0.15, -0.1) is 5.10 Å². The van der Waals surface area contributed by atoms with Gasteiger partial charge in [0.05, 0.1) is 17.1 Å². The van der Waals surface area contributed by atoms with Crippen LogP contribution in [0.1, 0.15) is 63.0 Å². The zero-order chi connectivity index (χ0) is 27.4. The molecule has 0 saturated carbocycles. The Balaban J connectivity index is 0.00000153. The molecule has 2 aromatic carbocycles. The highest BCUT2D eigenvalue weighted by molar-refractivity contribution is 5.96. The number of nitrogens with zero attached hydrogens (tertiary/aromatic N) is 4. The van der Waals surface area contributed by atoms with Crippen LogP contribution in [0.4, 0.5) is 15.8 Å². The second kappa shape index (κ2) is 14.8. The largest absolute Gasteiger partial charge is 0.352 e. The topological polar surface area (TPSA) is 90.5 Å². The quantitative estimate of drug-likeness (QED) is 0.206. The van der Waals surface area contributed by atoms with Gasteiger partial charge in [0.1, 0.15) is 5.52 Å². The number of unbranched alkanes of at least 4 members (excludes halogenated alkanes) is 1. The molecule has 3 aromatic rings. The van der Waals surface area contributed by atoms with Crippen molar-refractivity contribution in [3.8, 4) is 0 Å². The Morgan fingerprint density at radius 3 is 2.38 bits per heavy atom. The summed E-state index contributed by atoms with van der Waals surface area (Å²) >= 11 is 0. The molecular formula is C28H39FN6O2. The molecule has 0 aliphatic carbocycles. The number of benzene rings is 2. The number of aryl methyl sites for hydroxylation is 1. The number of hydrazine groups is 1.